The van der Waals surface area contributed by atoms with Gasteiger partial charge >= 0.3 is 5.97 Å². The Bertz CT molecular complexity index is 479. The second kappa shape index (κ2) is 5.49. The third kappa shape index (κ3) is 2.77. The molecule has 1 aromatic carbocycles. The number of rotatable bonds is 4. The molecule has 0 saturated heterocycles. The van der Waals surface area contributed by atoms with Crippen molar-refractivity contribution in [2.24, 2.45) is 0 Å². The Morgan fingerprint density at radius 2 is 2.00 bits per heavy atom. The molecule has 18 heavy (non-hydrogen) atoms. The van der Waals surface area contributed by atoms with E-state index in [2.05, 4.69) is 5.32 Å². The lowest BCUT2D eigenvalue weighted by Crippen LogP contribution is -2.28. The van der Waals surface area contributed by atoms with Crippen LogP contribution in [-0.2, 0) is 14.3 Å². The number of nitrogens with one attached hydrogen (secondary N) is 1. The number of ketones is 1. The molecule has 0 spiro atoms. The SMILES string of the molecule is COC(=O)C(NC1=CC(=O)CC1)c1ccccc1. The van der Waals surface area contributed by atoms with Gasteiger partial charge in [0, 0.05) is 18.2 Å². The van der Waals surface area contributed by atoms with Crippen molar-refractivity contribution in [3.05, 3.63) is 47.7 Å². The number of carbonyl (C=O) groups is 2. The van der Waals surface area contributed by atoms with Crippen LogP contribution in [-0.4, -0.2) is 18.9 Å². The molecule has 0 fully saturated rings. The monoisotopic (exact) mass is 245 g/mol. The van der Waals surface area contributed by atoms with Crippen molar-refractivity contribution >= 4 is 11.8 Å². The number of carbonyl (C=O) groups excluding carboxylic acids is 2. The van der Waals surface area contributed by atoms with Crippen LogP contribution in [0.5, 0.6) is 0 Å². The fraction of sp³-hybridized carbons (Fsp3) is 0.286. The topological polar surface area (TPSA) is 55.4 Å². The minimum absolute atomic E-state index is 0.0918. The summed E-state index contributed by atoms with van der Waals surface area (Å²) < 4.78 is 4.79. The van der Waals surface area contributed by atoms with E-state index in [4.69, 9.17) is 4.74 Å². The summed E-state index contributed by atoms with van der Waals surface area (Å²) in [6.45, 7) is 0. The third-order valence-electron chi connectivity index (χ3n) is 2.88. The zero-order valence-corrected chi connectivity index (χ0v) is 10.2. The summed E-state index contributed by atoms with van der Waals surface area (Å²) >= 11 is 0. The molecule has 1 aliphatic carbocycles. The van der Waals surface area contributed by atoms with E-state index in [0.29, 0.717) is 12.8 Å². The van der Waals surface area contributed by atoms with E-state index in [1.54, 1.807) is 6.08 Å². The van der Waals surface area contributed by atoms with Gasteiger partial charge in [-0.3, -0.25) is 4.79 Å². The number of benzene rings is 1. The number of methoxy groups -OCH3 is 1. The van der Waals surface area contributed by atoms with Crippen LogP contribution in [0.2, 0.25) is 0 Å². The van der Waals surface area contributed by atoms with E-state index in [0.717, 1.165) is 11.3 Å². The Morgan fingerprint density at radius 1 is 1.28 bits per heavy atom. The highest BCUT2D eigenvalue weighted by molar-refractivity contribution is 5.93. The van der Waals surface area contributed by atoms with Gasteiger partial charge in [0.15, 0.2) is 11.8 Å². The third-order valence-corrected chi connectivity index (χ3v) is 2.88. The van der Waals surface area contributed by atoms with Crippen molar-refractivity contribution in [1.29, 1.82) is 0 Å². The van der Waals surface area contributed by atoms with Crippen molar-refractivity contribution in [2.45, 2.75) is 18.9 Å². The molecular formula is C14H15NO3. The summed E-state index contributed by atoms with van der Waals surface area (Å²) in [6.07, 6.45) is 2.71. The molecule has 0 amide bonds. The Morgan fingerprint density at radius 3 is 2.56 bits per heavy atom. The quantitative estimate of drug-likeness (QED) is 0.821. The van der Waals surface area contributed by atoms with Crippen LogP contribution in [0.1, 0.15) is 24.4 Å². The molecule has 0 radical (unpaired) electrons. The molecule has 0 heterocycles. The van der Waals surface area contributed by atoms with Gasteiger partial charge in [0.25, 0.3) is 0 Å². The molecule has 0 aromatic heterocycles. The standard InChI is InChI=1S/C14H15NO3/c1-18-14(17)13(10-5-3-2-4-6-10)15-11-7-8-12(16)9-11/h2-6,9,13,15H,7-8H2,1H3. The zero-order valence-electron chi connectivity index (χ0n) is 10.2. The Labute approximate surface area is 106 Å². The highest BCUT2D eigenvalue weighted by atomic mass is 16.5. The number of esters is 1. The summed E-state index contributed by atoms with van der Waals surface area (Å²) in [5, 5.41) is 3.08. The van der Waals surface area contributed by atoms with E-state index < -0.39 is 6.04 Å². The molecule has 1 N–H and O–H groups in total. The first kappa shape index (κ1) is 12.4. The molecule has 1 aliphatic rings. The first-order valence-corrected chi connectivity index (χ1v) is 5.83. The lowest BCUT2D eigenvalue weighted by Gasteiger charge is -2.18. The van der Waals surface area contributed by atoms with Crippen LogP contribution in [0.15, 0.2) is 42.1 Å². The number of hydrogen-bond acceptors (Lipinski definition) is 4. The smallest absolute Gasteiger partial charge is 0.332 e. The lowest BCUT2D eigenvalue weighted by atomic mass is 10.1. The largest absolute Gasteiger partial charge is 0.467 e. The van der Waals surface area contributed by atoms with E-state index in [-0.39, 0.29) is 11.8 Å². The molecule has 4 heteroatoms. The van der Waals surface area contributed by atoms with Crippen molar-refractivity contribution in [1.82, 2.24) is 5.32 Å². The second-order valence-corrected chi connectivity index (χ2v) is 4.15. The highest BCUT2D eigenvalue weighted by Crippen LogP contribution is 2.20. The maximum Gasteiger partial charge on any atom is 0.332 e. The van der Waals surface area contributed by atoms with Crippen LogP contribution in [0.3, 0.4) is 0 Å². The number of ether oxygens (including phenoxy) is 1. The van der Waals surface area contributed by atoms with Crippen molar-refractivity contribution in [3.8, 4) is 0 Å². The molecule has 2 rings (SSSR count). The van der Waals surface area contributed by atoms with Gasteiger partial charge < -0.3 is 10.1 Å². The number of allylic oxidation sites excluding steroid dienone is 2. The van der Waals surface area contributed by atoms with Gasteiger partial charge in [-0.05, 0) is 12.0 Å². The summed E-state index contributed by atoms with van der Waals surface area (Å²) in [4.78, 5) is 23.0. The minimum atomic E-state index is -0.562. The lowest BCUT2D eigenvalue weighted by molar-refractivity contribution is -0.143. The highest BCUT2D eigenvalue weighted by Gasteiger charge is 2.23. The molecule has 94 valence electrons. The van der Waals surface area contributed by atoms with E-state index in [9.17, 15) is 9.59 Å². The van der Waals surface area contributed by atoms with Gasteiger partial charge in [-0.15, -0.1) is 0 Å². The van der Waals surface area contributed by atoms with E-state index >= 15 is 0 Å². The van der Waals surface area contributed by atoms with Gasteiger partial charge in [-0.2, -0.15) is 0 Å². The first-order chi connectivity index (χ1) is 8.70. The van der Waals surface area contributed by atoms with E-state index in [1.165, 1.54) is 7.11 Å². The van der Waals surface area contributed by atoms with Crippen LogP contribution in [0.25, 0.3) is 0 Å². The van der Waals surface area contributed by atoms with Crippen molar-refractivity contribution < 1.29 is 14.3 Å². The average Bonchev–Trinajstić information content (AvgIpc) is 2.82. The Balaban J connectivity index is 2.19. The Hall–Kier alpha value is -2.10. The maximum absolute atomic E-state index is 11.8. The van der Waals surface area contributed by atoms with Gasteiger partial charge in [0.1, 0.15) is 0 Å². The normalized spacial score (nSPS) is 16.1. The second-order valence-electron chi connectivity index (χ2n) is 4.15. The summed E-state index contributed by atoms with van der Waals surface area (Å²) in [6, 6.07) is 8.75. The summed E-state index contributed by atoms with van der Waals surface area (Å²) in [5.74, 6) is -0.268. The van der Waals surface area contributed by atoms with Crippen LogP contribution < -0.4 is 5.32 Å². The fourth-order valence-electron chi connectivity index (χ4n) is 1.94. The van der Waals surface area contributed by atoms with Gasteiger partial charge in [0.2, 0.25) is 0 Å². The number of hydrogen-bond donors (Lipinski definition) is 1. The van der Waals surface area contributed by atoms with Gasteiger partial charge in [0.05, 0.1) is 7.11 Å². The predicted octanol–water partition coefficient (Wildman–Crippen LogP) is 1.74. The molecular weight excluding hydrogens is 230 g/mol. The zero-order chi connectivity index (χ0) is 13.0. The fourth-order valence-corrected chi connectivity index (χ4v) is 1.94. The van der Waals surface area contributed by atoms with Crippen LogP contribution >= 0.6 is 0 Å². The van der Waals surface area contributed by atoms with Gasteiger partial charge in [-0.25, -0.2) is 4.79 Å². The summed E-state index contributed by atoms with van der Waals surface area (Å²) in [5.41, 5.74) is 1.61. The van der Waals surface area contributed by atoms with Crippen LogP contribution in [0, 0.1) is 0 Å². The molecule has 0 bridgehead atoms. The van der Waals surface area contributed by atoms with Crippen molar-refractivity contribution in [3.63, 3.8) is 0 Å². The summed E-state index contributed by atoms with van der Waals surface area (Å²) in [7, 11) is 1.36. The molecule has 0 aliphatic heterocycles. The maximum atomic E-state index is 11.8. The van der Waals surface area contributed by atoms with Crippen molar-refractivity contribution in [2.75, 3.05) is 7.11 Å². The average molecular weight is 245 g/mol. The van der Waals surface area contributed by atoms with Gasteiger partial charge in [-0.1, -0.05) is 30.3 Å². The molecule has 4 nitrogen and oxygen atoms in total. The Kier molecular flexibility index (Phi) is 3.77. The first-order valence-electron chi connectivity index (χ1n) is 5.83. The molecule has 0 saturated carbocycles. The predicted molar refractivity (Wildman–Crippen MR) is 66.7 cm³/mol. The minimum Gasteiger partial charge on any atom is -0.467 e. The molecule has 1 atom stereocenters. The van der Waals surface area contributed by atoms with E-state index in [1.807, 2.05) is 30.3 Å². The molecule has 1 unspecified atom stereocenters. The van der Waals surface area contributed by atoms with Crippen LogP contribution in [0.4, 0.5) is 0 Å². The molecule has 1 aromatic rings.